The van der Waals surface area contributed by atoms with Crippen molar-refractivity contribution < 1.29 is 5.11 Å². The van der Waals surface area contributed by atoms with Gasteiger partial charge < -0.3 is 15.3 Å². The number of nitrogens with zero attached hydrogens (tertiary/aromatic N) is 3. The summed E-state index contributed by atoms with van der Waals surface area (Å²) in [5, 5.41) is 17.2. The van der Waals surface area contributed by atoms with Gasteiger partial charge in [0.15, 0.2) is 0 Å². The van der Waals surface area contributed by atoms with Crippen molar-refractivity contribution in [3.05, 3.63) is 22.6 Å². The van der Waals surface area contributed by atoms with Gasteiger partial charge in [0.05, 0.1) is 24.0 Å². The van der Waals surface area contributed by atoms with E-state index < -0.39 is 0 Å². The van der Waals surface area contributed by atoms with Gasteiger partial charge in [-0.05, 0) is 32.2 Å². The highest BCUT2D eigenvalue weighted by Gasteiger charge is 2.20. The molecule has 0 spiro atoms. The Bertz CT molecular complexity index is 502. The number of hydrogen-bond donors (Lipinski definition) is 2. The van der Waals surface area contributed by atoms with E-state index in [0.29, 0.717) is 0 Å². The maximum atomic E-state index is 12.2. The molecule has 0 amide bonds. The number of piperidine rings is 2. The van der Waals surface area contributed by atoms with Crippen molar-refractivity contribution in [3.63, 3.8) is 0 Å². The molecule has 6 nitrogen and oxygen atoms in total. The Kier molecular flexibility index (Phi) is 4.03. The number of rotatable bonds is 2. The summed E-state index contributed by atoms with van der Waals surface area (Å²) in [7, 11) is 0. The summed E-state index contributed by atoms with van der Waals surface area (Å²) in [6, 6.07) is 1.85. The quantitative estimate of drug-likeness (QED) is 0.804. The Morgan fingerprint density at radius 1 is 1.30 bits per heavy atom. The largest absolute Gasteiger partial charge is 0.393 e. The summed E-state index contributed by atoms with van der Waals surface area (Å²) in [5.41, 5.74) is 0.851. The van der Waals surface area contributed by atoms with Crippen LogP contribution in [0.2, 0.25) is 0 Å². The monoisotopic (exact) mass is 278 g/mol. The van der Waals surface area contributed by atoms with Gasteiger partial charge in [0.1, 0.15) is 0 Å². The fourth-order valence-electron chi connectivity index (χ4n) is 3.02. The average molecular weight is 278 g/mol. The summed E-state index contributed by atoms with van der Waals surface area (Å²) < 4.78 is 1.61. The second-order valence-corrected chi connectivity index (χ2v) is 5.71. The SMILES string of the molecule is O=c1cc(N2CCC(O)CC2)cnn1[C@@H]1CCCNC1. The normalized spacial score (nSPS) is 24.9. The van der Waals surface area contributed by atoms with Gasteiger partial charge in [-0.1, -0.05) is 0 Å². The molecule has 0 radical (unpaired) electrons. The van der Waals surface area contributed by atoms with Crippen LogP contribution in [0.5, 0.6) is 0 Å². The lowest BCUT2D eigenvalue weighted by Gasteiger charge is -2.31. The van der Waals surface area contributed by atoms with Crippen LogP contribution in [0.25, 0.3) is 0 Å². The summed E-state index contributed by atoms with van der Waals surface area (Å²) in [6.07, 6.45) is 5.20. The molecule has 20 heavy (non-hydrogen) atoms. The second kappa shape index (κ2) is 5.93. The van der Waals surface area contributed by atoms with E-state index in [-0.39, 0.29) is 17.7 Å². The zero-order valence-electron chi connectivity index (χ0n) is 11.7. The first kappa shape index (κ1) is 13.6. The lowest BCUT2D eigenvalue weighted by Crippen LogP contribution is -2.39. The average Bonchev–Trinajstić information content (AvgIpc) is 2.49. The van der Waals surface area contributed by atoms with Crippen molar-refractivity contribution >= 4 is 5.69 Å². The van der Waals surface area contributed by atoms with Gasteiger partial charge in [-0.15, -0.1) is 0 Å². The molecule has 2 saturated heterocycles. The number of aromatic nitrogens is 2. The van der Waals surface area contributed by atoms with E-state index in [9.17, 15) is 9.90 Å². The minimum absolute atomic E-state index is 0.0256. The molecular weight excluding hydrogens is 256 g/mol. The molecular formula is C14H22N4O2. The van der Waals surface area contributed by atoms with Crippen LogP contribution < -0.4 is 15.8 Å². The lowest BCUT2D eigenvalue weighted by molar-refractivity contribution is 0.145. The van der Waals surface area contributed by atoms with Crippen molar-refractivity contribution in [3.8, 4) is 0 Å². The van der Waals surface area contributed by atoms with Crippen molar-refractivity contribution in [1.29, 1.82) is 0 Å². The van der Waals surface area contributed by atoms with Gasteiger partial charge in [-0.25, -0.2) is 4.68 Å². The molecule has 0 aromatic carbocycles. The van der Waals surface area contributed by atoms with Crippen LogP contribution in [0.4, 0.5) is 5.69 Å². The molecule has 2 aliphatic rings. The molecule has 3 heterocycles. The van der Waals surface area contributed by atoms with Crippen LogP contribution in [0.15, 0.2) is 17.1 Å². The van der Waals surface area contributed by atoms with Crippen LogP contribution in [0.3, 0.4) is 0 Å². The van der Waals surface area contributed by atoms with E-state index >= 15 is 0 Å². The van der Waals surface area contributed by atoms with E-state index in [1.807, 2.05) is 0 Å². The van der Waals surface area contributed by atoms with Gasteiger partial charge in [-0.3, -0.25) is 4.79 Å². The zero-order valence-corrected chi connectivity index (χ0v) is 11.7. The van der Waals surface area contributed by atoms with Crippen molar-refractivity contribution in [1.82, 2.24) is 15.1 Å². The molecule has 110 valence electrons. The summed E-state index contributed by atoms with van der Waals surface area (Å²) in [6.45, 7) is 3.43. The Labute approximate surface area is 118 Å². The molecule has 0 unspecified atom stereocenters. The Hall–Kier alpha value is -1.40. The lowest BCUT2D eigenvalue weighted by atomic mass is 10.1. The molecule has 1 atom stereocenters. The fourth-order valence-corrected chi connectivity index (χ4v) is 3.02. The molecule has 0 bridgehead atoms. The minimum Gasteiger partial charge on any atom is -0.393 e. The van der Waals surface area contributed by atoms with Gasteiger partial charge in [-0.2, -0.15) is 5.10 Å². The van der Waals surface area contributed by atoms with Crippen LogP contribution in [0.1, 0.15) is 31.7 Å². The van der Waals surface area contributed by atoms with E-state index in [1.54, 1.807) is 16.9 Å². The summed E-state index contributed by atoms with van der Waals surface area (Å²) >= 11 is 0. The van der Waals surface area contributed by atoms with Crippen LogP contribution >= 0.6 is 0 Å². The number of nitrogens with one attached hydrogen (secondary N) is 1. The van der Waals surface area contributed by atoms with Crippen LogP contribution in [0, 0.1) is 0 Å². The van der Waals surface area contributed by atoms with E-state index in [2.05, 4.69) is 15.3 Å². The third-order valence-electron chi connectivity index (χ3n) is 4.26. The van der Waals surface area contributed by atoms with Crippen LogP contribution in [-0.4, -0.2) is 47.2 Å². The third kappa shape index (κ3) is 2.86. The van der Waals surface area contributed by atoms with Crippen LogP contribution in [-0.2, 0) is 0 Å². The standard InChI is InChI=1S/C14H22N4O2/c19-13-3-6-17(7-4-13)12-8-14(20)18(16-10-12)11-2-1-5-15-9-11/h8,10-11,13,15,19H,1-7,9H2/t11-/m1/s1. The number of hydrogen-bond acceptors (Lipinski definition) is 5. The molecule has 6 heteroatoms. The maximum absolute atomic E-state index is 12.2. The number of aliphatic hydroxyl groups is 1. The minimum atomic E-state index is -0.201. The predicted molar refractivity (Wildman–Crippen MR) is 77.1 cm³/mol. The highest BCUT2D eigenvalue weighted by molar-refractivity contribution is 5.43. The van der Waals surface area contributed by atoms with Crippen molar-refractivity contribution in [2.24, 2.45) is 0 Å². The molecule has 3 rings (SSSR count). The predicted octanol–water partition coefficient (Wildman–Crippen LogP) is 0.129. The Morgan fingerprint density at radius 2 is 2.10 bits per heavy atom. The number of aliphatic hydroxyl groups excluding tert-OH is 1. The first-order valence-corrected chi connectivity index (χ1v) is 7.46. The van der Waals surface area contributed by atoms with Gasteiger partial charge in [0.25, 0.3) is 5.56 Å². The van der Waals surface area contributed by atoms with Gasteiger partial charge in [0, 0.05) is 25.7 Å². The first-order chi connectivity index (χ1) is 9.74. The molecule has 2 fully saturated rings. The summed E-state index contributed by atoms with van der Waals surface area (Å²) in [5.74, 6) is 0. The fraction of sp³-hybridized carbons (Fsp3) is 0.714. The highest BCUT2D eigenvalue weighted by atomic mass is 16.3. The van der Waals surface area contributed by atoms with Gasteiger partial charge in [0.2, 0.25) is 0 Å². The van der Waals surface area contributed by atoms with Gasteiger partial charge >= 0.3 is 0 Å². The van der Waals surface area contributed by atoms with E-state index in [4.69, 9.17) is 0 Å². The smallest absolute Gasteiger partial charge is 0.269 e. The molecule has 2 N–H and O–H groups in total. The zero-order chi connectivity index (χ0) is 13.9. The van der Waals surface area contributed by atoms with E-state index in [1.165, 1.54) is 0 Å². The molecule has 1 aromatic rings. The molecule has 0 saturated carbocycles. The number of anilines is 1. The Morgan fingerprint density at radius 3 is 2.75 bits per heavy atom. The molecule has 2 aliphatic heterocycles. The topological polar surface area (TPSA) is 70.4 Å². The third-order valence-corrected chi connectivity index (χ3v) is 4.26. The second-order valence-electron chi connectivity index (χ2n) is 5.71. The molecule has 0 aliphatic carbocycles. The Balaban J connectivity index is 1.75. The summed E-state index contributed by atoms with van der Waals surface area (Å²) in [4.78, 5) is 14.4. The van der Waals surface area contributed by atoms with Crippen molar-refractivity contribution in [2.75, 3.05) is 31.1 Å². The van der Waals surface area contributed by atoms with Crippen molar-refractivity contribution in [2.45, 2.75) is 37.8 Å². The first-order valence-electron chi connectivity index (χ1n) is 7.46. The highest BCUT2D eigenvalue weighted by Crippen LogP contribution is 2.19. The maximum Gasteiger partial charge on any atom is 0.269 e. The molecule has 1 aromatic heterocycles. The van der Waals surface area contributed by atoms with E-state index in [0.717, 1.165) is 57.5 Å².